The molecule has 186 valence electrons. The van der Waals surface area contributed by atoms with Crippen molar-refractivity contribution in [3.8, 4) is 5.75 Å². The Morgan fingerprint density at radius 3 is 2.67 bits per heavy atom. The predicted molar refractivity (Wildman–Crippen MR) is 125 cm³/mol. The quantitative estimate of drug-likeness (QED) is 0.212. The third-order valence-electron chi connectivity index (χ3n) is 5.34. The SMILES string of the molecule is CNc1cc(F)ccc1C(=N)c1cnc2[nH]cc(C(=O)NC(C)c3cccc(OC(F)(F)F)c3)c2n1. The Kier molecular flexibility index (Phi) is 6.60. The first kappa shape index (κ1) is 24.6. The lowest BCUT2D eigenvalue weighted by atomic mass is 10.0. The molecule has 2 heterocycles. The number of benzene rings is 2. The molecule has 2 aromatic heterocycles. The van der Waals surface area contributed by atoms with Crippen LogP contribution in [-0.4, -0.2) is 40.0 Å². The molecule has 0 aliphatic heterocycles. The number of halogens is 4. The number of hydrogen-bond donors (Lipinski definition) is 4. The van der Waals surface area contributed by atoms with E-state index in [0.29, 0.717) is 22.5 Å². The zero-order chi connectivity index (χ0) is 26.0. The number of rotatable bonds is 7. The number of ether oxygens (including phenoxy) is 1. The summed E-state index contributed by atoms with van der Waals surface area (Å²) in [7, 11) is 1.60. The summed E-state index contributed by atoms with van der Waals surface area (Å²) in [6.07, 6.45) is -2.07. The number of hydrogen-bond acceptors (Lipinski definition) is 6. The molecule has 0 aliphatic rings. The second kappa shape index (κ2) is 9.64. The summed E-state index contributed by atoms with van der Waals surface area (Å²) in [5.74, 6) is -1.41. The highest BCUT2D eigenvalue weighted by atomic mass is 19.4. The van der Waals surface area contributed by atoms with Crippen molar-refractivity contribution in [3.63, 3.8) is 0 Å². The summed E-state index contributed by atoms with van der Waals surface area (Å²) >= 11 is 0. The Morgan fingerprint density at radius 2 is 1.94 bits per heavy atom. The van der Waals surface area contributed by atoms with E-state index in [9.17, 15) is 22.4 Å². The first-order valence-corrected chi connectivity index (χ1v) is 10.6. The normalized spacial score (nSPS) is 12.3. The molecule has 1 unspecified atom stereocenters. The summed E-state index contributed by atoms with van der Waals surface area (Å²) < 4.78 is 55.1. The van der Waals surface area contributed by atoms with Gasteiger partial charge in [0.15, 0.2) is 5.65 Å². The molecule has 0 fully saturated rings. The van der Waals surface area contributed by atoms with Gasteiger partial charge in [0.05, 0.1) is 23.5 Å². The monoisotopic (exact) mass is 500 g/mol. The Morgan fingerprint density at radius 1 is 1.17 bits per heavy atom. The van der Waals surface area contributed by atoms with Crippen LogP contribution < -0.4 is 15.4 Å². The molecule has 2 aromatic carbocycles. The van der Waals surface area contributed by atoms with Crippen molar-refractivity contribution in [1.82, 2.24) is 20.3 Å². The van der Waals surface area contributed by atoms with Gasteiger partial charge in [-0.25, -0.2) is 14.4 Å². The summed E-state index contributed by atoms with van der Waals surface area (Å²) in [6.45, 7) is 1.61. The Balaban J connectivity index is 1.58. The standard InChI is InChI=1S/C24H20F4N6O2/c1-12(13-4-3-5-15(8-13)36-24(26,27)28)33-23(35)17-10-31-22-21(17)34-19(11-32-22)20(29)16-7-6-14(25)9-18(16)30-2/h3-12,29-30H,1-2H3,(H,31,32)(H,33,35). The molecule has 0 bridgehead atoms. The third kappa shape index (κ3) is 5.27. The van der Waals surface area contributed by atoms with E-state index in [0.717, 1.165) is 6.07 Å². The number of alkyl halides is 3. The van der Waals surface area contributed by atoms with Crippen LogP contribution in [0.2, 0.25) is 0 Å². The molecular weight excluding hydrogens is 480 g/mol. The van der Waals surface area contributed by atoms with E-state index in [1.165, 1.54) is 42.7 Å². The molecule has 0 saturated heterocycles. The number of nitrogens with zero attached hydrogens (tertiary/aromatic N) is 2. The maximum absolute atomic E-state index is 13.6. The second-order valence-electron chi connectivity index (χ2n) is 7.79. The molecule has 4 aromatic rings. The molecule has 8 nitrogen and oxygen atoms in total. The highest BCUT2D eigenvalue weighted by Crippen LogP contribution is 2.26. The number of anilines is 1. The van der Waals surface area contributed by atoms with Gasteiger partial charge < -0.3 is 20.4 Å². The number of amides is 1. The fraction of sp³-hybridized carbons (Fsp3) is 0.167. The number of aromatic amines is 1. The molecular formula is C24H20F4N6O2. The van der Waals surface area contributed by atoms with Gasteiger partial charge in [0.2, 0.25) is 0 Å². The van der Waals surface area contributed by atoms with Crippen LogP contribution in [0.5, 0.6) is 5.75 Å². The van der Waals surface area contributed by atoms with E-state index in [4.69, 9.17) is 5.41 Å². The minimum absolute atomic E-state index is 0.0313. The van der Waals surface area contributed by atoms with E-state index < -0.39 is 29.9 Å². The van der Waals surface area contributed by atoms with Crippen molar-refractivity contribution in [3.05, 3.63) is 83.1 Å². The van der Waals surface area contributed by atoms with Gasteiger partial charge in [-0.15, -0.1) is 13.2 Å². The molecule has 0 radical (unpaired) electrons. The van der Waals surface area contributed by atoms with Crippen molar-refractivity contribution in [2.45, 2.75) is 19.3 Å². The van der Waals surface area contributed by atoms with E-state index in [1.807, 2.05) is 0 Å². The fourth-order valence-corrected chi connectivity index (χ4v) is 3.60. The first-order chi connectivity index (χ1) is 17.1. The Labute approximate surface area is 202 Å². The zero-order valence-corrected chi connectivity index (χ0v) is 19.0. The van der Waals surface area contributed by atoms with Gasteiger partial charge in [0.1, 0.15) is 22.8 Å². The van der Waals surface area contributed by atoms with Crippen LogP contribution in [0, 0.1) is 11.2 Å². The maximum Gasteiger partial charge on any atom is 0.573 e. The van der Waals surface area contributed by atoms with Crippen LogP contribution in [0.4, 0.5) is 23.2 Å². The van der Waals surface area contributed by atoms with E-state index in [1.54, 1.807) is 20.0 Å². The van der Waals surface area contributed by atoms with Gasteiger partial charge in [0, 0.05) is 24.5 Å². The highest BCUT2D eigenvalue weighted by Gasteiger charge is 2.31. The van der Waals surface area contributed by atoms with Gasteiger partial charge in [0.25, 0.3) is 5.91 Å². The molecule has 0 aliphatic carbocycles. The van der Waals surface area contributed by atoms with E-state index >= 15 is 0 Å². The van der Waals surface area contributed by atoms with E-state index in [-0.39, 0.29) is 22.5 Å². The van der Waals surface area contributed by atoms with Gasteiger partial charge >= 0.3 is 6.36 Å². The van der Waals surface area contributed by atoms with Crippen molar-refractivity contribution in [2.24, 2.45) is 0 Å². The smallest absolute Gasteiger partial charge is 0.406 e. The highest BCUT2D eigenvalue weighted by molar-refractivity contribution is 6.14. The summed E-state index contributed by atoms with van der Waals surface area (Å²) in [4.78, 5) is 24.5. The van der Waals surface area contributed by atoms with Crippen molar-refractivity contribution in [2.75, 3.05) is 12.4 Å². The number of carbonyl (C=O) groups is 1. The lowest BCUT2D eigenvalue weighted by Gasteiger charge is -2.16. The molecule has 4 rings (SSSR count). The fourth-order valence-electron chi connectivity index (χ4n) is 3.60. The van der Waals surface area contributed by atoms with Gasteiger partial charge in [-0.1, -0.05) is 12.1 Å². The van der Waals surface area contributed by atoms with Crippen molar-refractivity contribution < 1.29 is 27.1 Å². The third-order valence-corrected chi connectivity index (χ3v) is 5.34. The van der Waals surface area contributed by atoms with Crippen molar-refractivity contribution >= 4 is 28.5 Å². The average molecular weight is 500 g/mol. The van der Waals surface area contributed by atoms with Crippen LogP contribution >= 0.6 is 0 Å². The van der Waals surface area contributed by atoms with Crippen LogP contribution in [0.3, 0.4) is 0 Å². The maximum atomic E-state index is 13.6. The average Bonchev–Trinajstić information content (AvgIpc) is 3.26. The van der Waals surface area contributed by atoms with Gasteiger partial charge in [-0.3, -0.25) is 10.2 Å². The molecule has 36 heavy (non-hydrogen) atoms. The number of aromatic nitrogens is 3. The minimum atomic E-state index is -4.83. The minimum Gasteiger partial charge on any atom is -0.406 e. The molecule has 1 atom stereocenters. The summed E-state index contributed by atoms with van der Waals surface area (Å²) in [5.41, 5.74) is 1.94. The zero-order valence-electron chi connectivity index (χ0n) is 19.0. The second-order valence-corrected chi connectivity index (χ2v) is 7.79. The molecule has 0 spiro atoms. The lowest BCUT2D eigenvalue weighted by Crippen LogP contribution is -2.26. The molecule has 0 saturated carbocycles. The Hall–Kier alpha value is -4.48. The number of fused-ring (bicyclic) bond motifs is 1. The topological polar surface area (TPSA) is 116 Å². The summed E-state index contributed by atoms with van der Waals surface area (Å²) in [6, 6.07) is 8.56. The van der Waals surface area contributed by atoms with Gasteiger partial charge in [-0.05, 0) is 42.8 Å². The van der Waals surface area contributed by atoms with Crippen LogP contribution in [0.1, 0.15) is 40.1 Å². The lowest BCUT2D eigenvalue weighted by molar-refractivity contribution is -0.274. The van der Waals surface area contributed by atoms with Crippen LogP contribution in [-0.2, 0) is 0 Å². The van der Waals surface area contributed by atoms with Crippen molar-refractivity contribution in [1.29, 1.82) is 5.41 Å². The number of H-pyrrole nitrogens is 1. The van der Waals surface area contributed by atoms with Crippen LogP contribution in [0.15, 0.2) is 54.9 Å². The van der Waals surface area contributed by atoms with E-state index in [2.05, 4.69) is 30.3 Å². The molecule has 4 N–H and O–H groups in total. The Bertz CT molecular complexity index is 1450. The molecule has 12 heteroatoms. The molecule has 1 amide bonds. The number of nitrogens with one attached hydrogen (secondary N) is 4. The van der Waals surface area contributed by atoms with Gasteiger partial charge in [-0.2, -0.15) is 0 Å². The summed E-state index contributed by atoms with van der Waals surface area (Å²) in [5, 5.41) is 14.1. The number of carbonyl (C=O) groups excluding carboxylic acids is 1. The largest absolute Gasteiger partial charge is 0.573 e. The van der Waals surface area contributed by atoms with Crippen LogP contribution in [0.25, 0.3) is 11.2 Å². The predicted octanol–water partition coefficient (Wildman–Crippen LogP) is 4.94. The first-order valence-electron chi connectivity index (χ1n) is 10.6.